The molecule has 8 heteroatoms. The van der Waals surface area contributed by atoms with Gasteiger partial charge in [-0.1, -0.05) is 0 Å². The molecule has 116 valence electrons. The van der Waals surface area contributed by atoms with E-state index in [-0.39, 0.29) is 18.4 Å². The topological polar surface area (TPSA) is 78.4 Å². The molecule has 1 aliphatic rings. The second-order valence-electron chi connectivity index (χ2n) is 5.08. The molecule has 1 rings (SSSR count). The van der Waals surface area contributed by atoms with Crippen LogP contribution < -0.4 is 10.6 Å². The van der Waals surface area contributed by atoms with Gasteiger partial charge in [-0.25, -0.2) is 0 Å². The Balaban J connectivity index is 2.10. The molecule has 0 bridgehead atoms. The zero-order valence-corrected chi connectivity index (χ0v) is 11.0. The van der Waals surface area contributed by atoms with Crippen molar-refractivity contribution in [3.05, 3.63) is 0 Å². The van der Waals surface area contributed by atoms with Crippen LogP contribution in [0.25, 0.3) is 0 Å². The molecule has 0 aromatic carbocycles. The summed E-state index contributed by atoms with van der Waals surface area (Å²) < 4.78 is 35.5. The molecule has 5 nitrogen and oxygen atoms in total. The Hall–Kier alpha value is -1.31. The Morgan fingerprint density at radius 2 is 1.75 bits per heavy atom. The Kier molecular flexibility index (Phi) is 6.25. The van der Waals surface area contributed by atoms with Gasteiger partial charge in [-0.15, -0.1) is 0 Å². The highest BCUT2D eigenvalue weighted by molar-refractivity contribution is 5.78. The van der Waals surface area contributed by atoms with Gasteiger partial charge in [0.2, 0.25) is 5.91 Å². The highest BCUT2D eigenvalue weighted by Crippen LogP contribution is 2.28. The van der Waals surface area contributed by atoms with Crippen LogP contribution >= 0.6 is 0 Å². The summed E-state index contributed by atoms with van der Waals surface area (Å²) in [4.78, 5) is 21.9. The SMILES string of the molecule is O=C(CNCC1CCC(C(=O)O)CC1)NCC(F)(F)F. The first-order valence-corrected chi connectivity index (χ1v) is 6.55. The van der Waals surface area contributed by atoms with Gasteiger partial charge in [0.15, 0.2) is 0 Å². The fourth-order valence-electron chi connectivity index (χ4n) is 2.26. The van der Waals surface area contributed by atoms with Crippen LogP contribution in [0.15, 0.2) is 0 Å². The molecule has 0 unspecified atom stereocenters. The van der Waals surface area contributed by atoms with Gasteiger partial charge < -0.3 is 15.7 Å². The zero-order valence-electron chi connectivity index (χ0n) is 11.0. The molecule has 20 heavy (non-hydrogen) atoms. The first-order chi connectivity index (χ1) is 9.28. The van der Waals surface area contributed by atoms with Crippen molar-refractivity contribution in [1.82, 2.24) is 10.6 Å². The van der Waals surface area contributed by atoms with Gasteiger partial charge in [0.05, 0.1) is 12.5 Å². The molecule has 0 saturated heterocycles. The molecule has 1 aliphatic carbocycles. The van der Waals surface area contributed by atoms with Gasteiger partial charge in [-0.05, 0) is 38.1 Å². The van der Waals surface area contributed by atoms with Crippen molar-refractivity contribution in [2.45, 2.75) is 31.9 Å². The van der Waals surface area contributed by atoms with E-state index in [9.17, 15) is 22.8 Å². The lowest BCUT2D eigenvalue weighted by Gasteiger charge is -2.26. The van der Waals surface area contributed by atoms with E-state index in [4.69, 9.17) is 5.11 Å². The molecule has 0 atom stereocenters. The summed E-state index contributed by atoms with van der Waals surface area (Å²) in [5.41, 5.74) is 0. The fourth-order valence-corrected chi connectivity index (χ4v) is 2.26. The average molecular weight is 296 g/mol. The lowest BCUT2D eigenvalue weighted by atomic mass is 9.82. The maximum Gasteiger partial charge on any atom is 0.405 e. The van der Waals surface area contributed by atoms with Crippen molar-refractivity contribution < 1.29 is 27.9 Å². The van der Waals surface area contributed by atoms with E-state index < -0.39 is 24.6 Å². The summed E-state index contributed by atoms with van der Waals surface area (Å²) in [5.74, 6) is -1.48. The summed E-state index contributed by atoms with van der Waals surface area (Å²) in [6.07, 6.45) is -1.66. The predicted molar refractivity (Wildman–Crippen MR) is 65.0 cm³/mol. The minimum atomic E-state index is -4.40. The van der Waals surface area contributed by atoms with Crippen molar-refractivity contribution in [2.75, 3.05) is 19.6 Å². The first kappa shape index (κ1) is 16.7. The van der Waals surface area contributed by atoms with Crippen molar-refractivity contribution >= 4 is 11.9 Å². The molecule has 0 radical (unpaired) electrons. The van der Waals surface area contributed by atoms with Crippen LogP contribution in [0.2, 0.25) is 0 Å². The number of aliphatic carboxylic acids is 1. The molecule has 0 aromatic rings. The monoisotopic (exact) mass is 296 g/mol. The van der Waals surface area contributed by atoms with Crippen LogP contribution in [-0.4, -0.2) is 42.8 Å². The Bertz CT molecular complexity index is 339. The number of hydrogen-bond acceptors (Lipinski definition) is 3. The van der Waals surface area contributed by atoms with Crippen LogP contribution in [0.5, 0.6) is 0 Å². The first-order valence-electron chi connectivity index (χ1n) is 6.55. The number of hydrogen-bond donors (Lipinski definition) is 3. The number of nitrogens with one attached hydrogen (secondary N) is 2. The summed E-state index contributed by atoms with van der Waals surface area (Å²) >= 11 is 0. The molecule has 0 heterocycles. The normalized spacial score (nSPS) is 23.4. The summed E-state index contributed by atoms with van der Waals surface area (Å²) in [7, 11) is 0. The minimum Gasteiger partial charge on any atom is -0.481 e. The maximum absolute atomic E-state index is 11.8. The van der Waals surface area contributed by atoms with Crippen molar-refractivity contribution in [2.24, 2.45) is 11.8 Å². The maximum atomic E-state index is 11.8. The zero-order chi connectivity index (χ0) is 15.2. The van der Waals surface area contributed by atoms with E-state index in [1.807, 2.05) is 0 Å². The molecule has 0 spiro atoms. The number of carbonyl (C=O) groups excluding carboxylic acids is 1. The molecule has 1 amide bonds. The number of carbonyl (C=O) groups is 2. The van der Waals surface area contributed by atoms with Crippen molar-refractivity contribution in [3.63, 3.8) is 0 Å². The lowest BCUT2D eigenvalue weighted by molar-refractivity contribution is -0.143. The smallest absolute Gasteiger partial charge is 0.405 e. The predicted octanol–water partition coefficient (Wildman–Crippen LogP) is 1.15. The van der Waals surface area contributed by atoms with Crippen LogP contribution in [0.1, 0.15) is 25.7 Å². The van der Waals surface area contributed by atoms with Crippen molar-refractivity contribution in [3.8, 4) is 0 Å². The third-order valence-corrected chi connectivity index (χ3v) is 3.40. The van der Waals surface area contributed by atoms with Crippen LogP contribution in [0.3, 0.4) is 0 Å². The quantitative estimate of drug-likeness (QED) is 0.687. The Morgan fingerprint density at radius 3 is 2.25 bits per heavy atom. The largest absolute Gasteiger partial charge is 0.481 e. The van der Waals surface area contributed by atoms with Gasteiger partial charge >= 0.3 is 12.1 Å². The van der Waals surface area contributed by atoms with Crippen LogP contribution in [0, 0.1) is 11.8 Å². The van der Waals surface area contributed by atoms with E-state index in [0.717, 1.165) is 12.8 Å². The molecule has 1 saturated carbocycles. The van der Waals surface area contributed by atoms with Gasteiger partial charge in [0.25, 0.3) is 0 Å². The average Bonchev–Trinajstić information content (AvgIpc) is 2.36. The number of carboxylic acid groups (broad SMARTS) is 1. The van der Waals surface area contributed by atoms with E-state index in [1.54, 1.807) is 5.32 Å². The standard InChI is InChI=1S/C12H19F3N2O3/c13-12(14,15)7-17-10(18)6-16-5-8-1-3-9(4-2-8)11(19)20/h8-9,16H,1-7H2,(H,17,18)(H,19,20). The van der Waals surface area contributed by atoms with Gasteiger partial charge in [0, 0.05) is 0 Å². The molecular formula is C12H19F3N2O3. The Labute approximate surface area is 114 Å². The number of halogens is 3. The van der Waals surface area contributed by atoms with E-state index in [0.29, 0.717) is 19.4 Å². The van der Waals surface area contributed by atoms with Crippen LogP contribution in [-0.2, 0) is 9.59 Å². The highest BCUT2D eigenvalue weighted by atomic mass is 19.4. The second-order valence-corrected chi connectivity index (χ2v) is 5.08. The minimum absolute atomic E-state index is 0.158. The molecular weight excluding hydrogens is 277 g/mol. The summed E-state index contributed by atoms with van der Waals surface area (Å²) in [5, 5.41) is 13.4. The third kappa shape index (κ3) is 6.74. The van der Waals surface area contributed by atoms with Gasteiger partial charge in [-0.2, -0.15) is 13.2 Å². The number of amides is 1. The number of rotatable bonds is 6. The summed E-state index contributed by atoms with van der Waals surface area (Å²) in [6.45, 7) is -0.960. The highest BCUT2D eigenvalue weighted by Gasteiger charge is 2.28. The van der Waals surface area contributed by atoms with Crippen LogP contribution in [0.4, 0.5) is 13.2 Å². The second kappa shape index (κ2) is 7.47. The van der Waals surface area contributed by atoms with E-state index >= 15 is 0 Å². The number of alkyl halides is 3. The Morgan fingerprint density at radius 1 is 1.15 bits per heavy atom. The molecule has 3 N–H and O–H groups in total. The fraction of sp³-hybridized carbons (Fsp3) is 0.833. The third-order valence-electron chi connectivity index (χ3n) is 3.40. The van der Waals surface area contributed by atoms with E-state index in [2.05, 4.69) is 5.32 Å². The number of carboxylic acids is 1. The molecule has 1 fully saturated rings. The molecule has 0 aromatic heterocycles. The van der Waals surface area contributed by atoms with Gasteiger partial charge in [0.1, 0.15) is 6.54 Å². The van der Waals surface area contributed by atoms with Crippen molar-refractivity contribution in [1.29, 1.82) is 0 Å². The summed E-state index contributed by atoms with van der Waals surface area (Å²) in [6, 6.07) is 0. The molecule has 0 aliphatic heterocycles. The van der Waals surface area contributed by atoms with E-state index in [1.165, 1.54) is 0 Å². The van der Waals surface area contributed by atoms with Gasteiger partial charge in [-0.3, -0.25) is 9.59 Å². The lowest BCUT2D eigenvalue weighted by Crippen LogP contribution is -2.40.